The topological polar surface area (TPSA) is 93.9 Å². The zero-order valence-corrected chi connectivity index (χ0v) is 19.9. The molecular formula is C27H27N3O5. The van der Waals surface area contributed by atoms with E-state index < -0.39 is 17.5 Å². The average molecular weight is 474 g/mol. The van der Waals surface area contributed by atoms with Gasteiger partial charge in [-0.2, -0.15) is 0 Å². The van der Waals surface area contributed by atoms with Crippen molar-refractivity contribution in [3.8, 4) is 11.5 Å². The van der Waals surface area contributed by atoms with Crippen molar-refractivity contribution in [3.05, 3.63) is 99.1 Å². The van der Waals surface area contributed by atoms with Crippen LogP contribution in [0.15, 0.2) is 66.7 Å². The Morgan fingerprint density at radius 1 is 1.11 bits per heavy atom. The van der Waals surface area contributed by atoms with E-state index in [0.717, 1.165) is 11.1 Å². The van der Waals surface area contributed by atoms with Gasteiger partial charge in [-0.1, -0.05) is 54.1 Å². The van der Waals surface area contributed by atoms with Crippen LogP contribution in [0.25, 0.3) is 0 Å². The summed E-state index contributed by atoms with van der Waals surface area (Å²) < 4.78 is 11.6. The van der Waals surface area contributed by atoms with Gasteiger partial charge >= 0.3 is 0 Å². The molecule has 1 amide bonds. The summed E-state index contributed by atoms with van der Waals surface area (Å²) in [5.74, 6) is 0.165. The van der Waals surface area contributed by atoms with E-state index in [2.05, 4.69) is 5.32 Å². The maximum absolute atomic E-state index is 13.3. The highest BCUT2D eigenvalue weighted by atomic mass is 16.6. The summed E-state index contributed by atoms with van der Waals surface area (Å²) in [5.41, 5.74) is 2.82. The standard InChI is InChI=1S/C27H27N3O5/c1-17-8-10-18(11-9-17)16-35-23-13-12-19(14-24(23)34-3)20-15-29(2)27(25(20)30(32)33)21-6-4-5-7-22(21)28-26(27)31/h4-14,20,25H,15-16H2,1-3H3,(H,28,31)/t20-,25+,27+/m0/s1. The first-order valence-electron chi connectivity index (χ1n) is 11.5. The van der Waals surface area contributed by atoms with Gasteiger partial charge < -0.3 is 14.8 Å². The van der Waals surface area contributed by atoms with Crippen LogP contribution in [0.1, 0.15) is 28.2 Å². The summed E-state index contributed by atoms with van der Waals surface area (Å²) in [6, 6.07) is 19.5. The predicted molar refractivity (Wildman–Crippen MR) is 131 cm³/mol. The van der Waals surface area contributed by atoms with E-state index in [1.165, 1.54) is 5.56 Å². The molecule has 3 aromatic carbocycles. The fourth-order valence-corrected chi connectivity index (χ4v) is 5.46. The molecule has 2 aliphatic rings. The van der Waals surface area contributed by atoms with E-state index in [-0.39, 0.29) is 10.8 Å². The number of nitrogens with zero attached hydrogens (tertiary/aromatic N) is 2. The summed E-state index contributed by atoms with van der Waals surface area (Å²) in [6.45, 7) is 2.75. The molecule has 3 aromatic rings. The van der Waals surface area contributed by atoms with Crippen LogP contribution in [0, 0.1) is 17.0 Å². The molecule has 0 bridgehead atoms. The molecule has 2 aliphatic heterocycles. The first kappa shape index (κ1) is 22.9. The van der Waals surface area contributed by atoms with Gasteiger partial charge in [-0.05, 0) is 43.3 Å². The normalized spacial score (nSPS) is 23.2. The third-order valence-electron chi connectivity index (χ3n) is 7.17. The number of amides is 1. The number of likely N-dealkylation sites (N-methyl/N-ethyl adjacent to an activating group) is 1. The molecule has 0 aromatic heterocycles. The van der Waals surface area contributed by atoms with Gasteiger partial charge in [-0.25, -0.2) is 0 Å². The van der Waals surface area contributed by atoms with Crippen molar-refractivity contribution in [3.63, 3.8) is 0 Å². The van der Waals surface area contributed by atoms with Crippen LogP contribution in [0.2, 0.25) is 0 Å². The fourth-order valence-electron chi connectivity index (χ4n) is 5.46. The Morgan fingerprint density at radius 2 is 1.86 bits per heavy atom. The Balaban J connectivity index is 1.48. The zero-order valence-electron chi connectivity index (χ0n) is 19.9. The van der Waals surface area contributed by atoms with Crippen LogP contribution in [0.3, 0.4) is 0 Å². The Morgan fingerprint density at radius 3 is 2.57 bits per heavy atom. The molecular weight excluding hydrogens is 446 g/mol. The lowest BCUT2D eigenvalue weighted by Gasteiger charge is -2.30. The van der Waals surface area contributed by atoms with E-state index in [9.17, 15) is 14.9 Å². The van der Waals surface area contributed by atoms with Gasteiger partial charge in [-0.3, -0.25) is 19.8 Å². The maximum Gasteiger partial charge on any atom is 0.256 e. The maximum atomic E-state index is 13.3. The third-order valence-corrected chi connectivity index (χ3v) is 7.17. The lowest BCUT2D eigenvalue weighted by atomic mass is 9.79. The number of ether oxygens (including phenoxy) is 2. The summed E-state index contributed by atoms with van der Waals surface area (Å²) in [4.78, 5) is 27.3. The number of methoxy groups -OCH3 is 1. The van der Waals surface area contributed by atoms with Gasteiger partial charge in [0.2, 0.25) is 0 Å². The number of fused-ring (bicyclic) bond motifs is 2. The van der Waals surface area contributed by atoms with Crippen LogP contribution in [0.5, 0.6) is 11.5 Å². The van der Waals surface area contributed by atoms with Gasteiger partial charge in [0, 0.05) is 22.7 Å². The van der Waals surface area contributed by atoms with Crippen molar-refractivity contribution in [2.45, 2.75) is 31.0 Å². The van der Waals surface area contributed by atoms with Gasteiger partial charge in [0.1, 0.15) is 6.61 Å². The molecule has 0 saturated carbocycles. The molecule has 2 heterocycles. The molecule has 35 heavy (non-hydrogen) atoms. The van der Waals surface area contributed by atoms with Crippen molar-refractivity contribution in [2.24, 2.45) is 0 Å². The Bertz CT molecular complexity index is 1290. The minimum absolute atomic E-state index is 0.315. The van der Waals surface area contributed by atoms with Crippen molar-refractivity contribution in [1.29, 1.82) is 0 Å². The quantitative estimate of drug-likeness (QED) is 0.428. The lowest BCUT2D eigenvalue weighted by Crippen LogP contribution is -2.54. The van der Waals surface area contributed by atoms with Crippen LogP contribution >= 0.6 is 0 Å². The third kappa shape index (κ3) is 3.61. The number of rotatable bonds is 6. The Labute approximate surface area is 203 Å². The molecule has 1 fully saturated rings. The number of carbonyl (C=O) groups excluding carboxylic acids is 1. The minimum Gasteiger partial charge on any atom is -0.493 e. The summed E-state index contributed by atoms with van der Waals surface area (Å²) in [7, 11) is 3.32. The second-order valence-electron chi connectivity index (χ2n) is 9.17. The van der Waals surface area contributed by atoms with Gasteiger partial charge in [0.25, 0.3) is 11.9 Å². The van der Waals surface area contributed by atoms with Crippen LogP contribution in [0.4, 0.5) is 5.69 Å². The summed E-state index contributed by atoms with van der Waals surface area (Å²) in [6.07, 6.45) is 0. The lowest BCUT2D eigenvalue weighted by molar-refractivity contribution is -0.534. The number of benzene rings is 3. The molecule has 1 spiro atoms. The molecule has 5 rings (SSSR count). The SMILES string of the molecule is COc1cc([C@@H]2CN(C)[C@@]3(C(=O)Nc4ccccc43)[C@@H]2[N+](=O)[O-])ccc1OCc1ccc(C)cc1. The highest BCUT2D eigenvalue weighted by molar-refractivity contribution is 6.06. The van der Waals surface area contributed by atoms with E-state index in [1.54, 1.807) is 43.3 Å². The minimum atomic E-state index is -1.38. The van der Waals surface area contributed by atoms with E-state index in [4.69, 9.17) is 9.47 Å². The number of aryl methyl sites for hydroxylation is 1. The molecule has 0 aliphatic carbocycles. The van der Waals surface area contributed by atoms with Crippen LogP contribution in [-0.4, -0.2) is 42.5 Å². The molecule has 0 radical (unpaired) electrons. The smallest absolute Gasteiger partial charge is 0.256 e. The number of carbonyl (C=O) groups is 1. The highest BCUT2D eigenvalue weighted by Gasteiger charge is 2.68. The summed E-state index contributed by atoms with van der Waals surface area (Å²) >= 11 is 0. The molecule has 180 valence electrons. The van der Waals surface area contributed by atoms with Crippen molar-refractivity contribution < 1.29 is 19.2 Å². The van der Waals surface area contributed by atoms with Gasteiger partial charge in [0.15, 0.2) is 17.0 Å². The molecule has 8 nitrogen and oxygen atoms in total. The number of nitrogens with one attached hydrogen (secondary N) is 1. The Kier molecular flexibility index (Phi) is 5.68. The first-order chi connectivity index (χ1) is 16.9. The second-order valence-corrected chi connectivity index (χ2v) is 9.17. The number of hydrogen-bond donors (Lipinski definition) is 1. The highest BCUT2D eigenvalue weighted by Crippen LogP contribution is 2.52. The van der Waals surface area contributed by atoms with Crippen LogP contribution in [-0.2, 0) is 16.9 Å². The summed E-state index contributed by atoms with van der Waals surface area (Å²) in [5, 5.41) is 15.4. The van der Waals surface area contributed by atoms with Crippen molar-refractivity contribution >= 4 is 11.6 Å². The van der Waals surface area contributed by atoms with Gasteiger partial charge in [-0.15, -0.1) is 0 Å². The first-order valence-corrected chi connectivity index (χ1v) is 11.5. The second kappa shape index (κ2) is 8.70. The molecule has 3 atom stereocenters. The number of para-hydroxylation sites is 1. The largest absolute Gasteiger partial charge is 0.493 e. The van der Waals surface area contributed by atoms with Crippen LogP contribution < -0.4 is 14.8 Å². The zero-order chi connectivity index (χ0) is 24.7. The van der Waals surface area contributed by atoms with Crippen molar-refractivity contribution in [1.82, 2.24) is 4.90 Å². The monoisotopic (exact) mass is 473 g/mol. The van der Waals surface area contributed by atoms with Gasteiger partial charge in [0.05, 0.1) is 13.0 Å². The van der Waals surface area contributed by atoms with Crippen molar-refractivity contribution in [2.75, 3.05) is 26.0 Å². The van der Waals surface area contributed by atoms with E-state index >= 15 is 0 Å². The molecule has 1 N–H and O–H groups in total. The number of nitro groups is 1. The Hall–Kier alpha value is -3.91. The predicted octanol–water partition coefficient (Wildman–Crippen LogP) is 4.10. The number of likely N-dealkylation sites (tertiary alicyclic amines) is 1. The number of hydrogen-bond acceptors (Lipinski definition) is 6. The molecule has 0 unspecified atom stereocenters. The van der Waals surface area contributed by atoms with E-state index in [0.29, 0.717) is 35.9 Å². The molecule has 8 heteroatoms. The average Bonchev–Trinajstić information content (AvgIpc) is 3.33. The molecule has 1 saturated heterocycles. The van der Waals surface area contributed by atoms with E-state index in [1.807, 2.05) is 49.4 Å². The fraction of sp³-hybridized carbons (Fsp3) is 0.296. The number of anilines is 1.